The number of hydrogen-bond acceptors (Lipinski definition) is 4. The molecule has 1 saturated heterocycles. The normalized spacial score (nSPS) is 20.1. The molecule has 0 amide bonds. The fourth-order valence-corrected chi connectivity index (χ4v) is 2.17. The number of para-hydroxylation sites is 1. The van der Waals surface area contributed by atoms with Crippen molar-refractivity contribution >= 4 is 5.97 Å². The lowest BCUT2D eigenvalue weighted by Crippen LogP contribution is -2.47. The van der Waals surface area contributed by atoms with Crippen molar-refractivity contribution in [3.8, 4) is 5.75 Å². The summed E-state index contributed by atoms with van der Waals surface area (Å²) in [7, 11) is 0. The first-order valence-electron chi connectivity index (χ1n) is 6.47. The molecule has 1 unspecified atom stereocenters. The molecule has 0 aromatic heterocycles. The van der Waals surface area contributed by atoms with Crippen molar-refractivity contribution in [2.45, 2.75) is 12.5 Å². The Balaban J connectivity index is 1.78. The SMILES string of the molecule is O=C(O)CC1COCCN1CCOc1ccccc1. The summed E-state index contributed by atoms with van der Waals surface area (Å²) >= 11 is 0. The van der Waals surface area contributed by atoms with E-state index in [4.69, 9.17) is 14.6 Å². The number of rotatable bonds is 6. The van der Waals surface area contributed by atoms with Crippen LogP contribution in [-0.2, 0) is 9.53 Å². The van der Waals surface area contributed by atoms with Crippen LogP contribution in [0.15, 0.2) is 30.3 Å². The highest BCUT2D eigenvalue weighted by Gasteiger charge is 2.24. The molecule has 1 fully saturated rings. The van der Waals surface area contributed by atoms with E-state index in [0.717, 1.165) is 18.8 Å². The molecule has 0 saturated carbocycles. The zero-order valence-electron chi connectivity index (χ0n) is 10.8. The Bertz CT molecular complexity index is 396. The summed E-state index contributed by atoms with van der Waals surface area (Å²) in [5.74, 6) is 0.0509. The van der Waals surface area contributed by atoms with Gasteiger partial charge in [0.25, 0.3) is 0 Å². The molecule has 1 aromatic rings. The second kappa shape index (κ2) is 7.11. The molecule has 1 aliphatic rings. The maximum absolute atomic E-state index is 10.8. The number of nitrogens with zero attached hydrogens (tertiary/aromatic N) is 1. The highest BCUT2D eigenvalue weighted by Crippen LogP contribution is 2.12. The van der Waals surface area contributed by atoms with Gasteiger partial charge in [-0.05, 0) is 12.1 Å². The van der Waals surface area contributed by atoms with Crippen LogP contribution >= 0.6 is 0 Å². The second-order valence-corrected chi connectivity index (χ2v) is 4.52. The van der Waals surface area contributed by atoms with Gasteiger partial charge in [-0.2, -0.15) is 0 Å². The Kier molecular flexibility index (Phi) is 5.18. The van der Waals surface area contributed by atoms with E-state index in [2.05, 4.69) is 4.90 Å². The molecule has 1 aromatic carbocycles. The van der Waals surface area contributed by atoms with Gasteiger partial charge in [0.15, 0.2) is 0 Å². The molecule has 0 aliphatic carbocycles. The first kappa shape index (κ1) is 13.8. The third kappa shape index (κ3) is 4.54. The molecule has 1 aliphatic heterocycles. The fraction of sp³-hybridized carbons (Fsp3) is 0.500. The van der Waals surface area contributed by atoms with Crippen molar-refractivity contribution in [1.29, 1.82) is 0 Å². The molecule has 0 radical (unpaired) electrons. The molecule has 1 N–H and O–H groups in total. The van der Waals surface area contributed by atoms with E-state index in [1.54, 1.807) is 0 Å². The molecular weight excluding hydrogens is 246 g/mol. The summed E-state index contributed by atoms with van der Waals surface area (Å²) in [6, 6.07) is 9.57. The van der Waals surface area contributed by atoms with E-state index >= 15 is 0 Å². The molecule has 1 heterocycles. The predicted octanol–water partition coefficient (Wildman–Crippen LogP) is 1.24. The zero-order chi connectivity index (χ0) is 13.5. The Morgan fingerprint density at radius 1 is 1.42 bits per heavy atom. The van der Waals surface area contributed by atoms with Gasteiger partial charge in [-0.15, -0.1) is 0 Å². The van der Waals surface area contributed by atoms with Gasteiger partial charge in [0.05, 0.1) is 19.6 Å². The number of hydrogen-bond donors (Lipinski definition) is 1. The Morgan fingerprint density at radius 3 is 2.95 bits per heavy atom. The van der Waals surface area contributed by atoms with Gasteiger partial charge in [-0.3, -0.25) is 9.69 Å². The summed E-state index contributed by atoms with van der Waals surface area (Å²) in [5, 5.41) is 8.87. The van der Waals surface area contributed by atoms with E-state index in [1.807, 2.05) is 30.3 Å². The number of carboxylic acid groups (broad SMARTS) is 1. The minimum absolute atomic E-state index is 0.0503. The average Bonchev–Trinajstić information content (AvgIpc) is 2.41. The molecule has 5 nitrogen and oxygen atoms in total. The fourth-order valence-electron chi connectivity index (χ4n) is 2.17. The lowest BCUT2D eigenvalue weighted by molar-refractivity contribution is -0.140. The van der Waals surface area contributed by atoms with Crippen LogP contribution in [-0.4, -0.2) is 54.9 Å². The van der Waals surface area contributed by atoms with Crippen molar-refractivity contribution in [1.82, 2.24) is 4.90 Å². The van der Waals surface area contributed by atoms with E-state index in [1.165, 1.54) is 0 Å². The van der Waals surface area contributed by atoms with Crippen LogP contribution in [0.3, 0.4) is 0 Å². The molecule has 5 heteroatoms. The number of carboxylic acids is 1. The number of aliphatic carboxylic acids is 1. The first-order chi connectivity index (χ1) is 9.25. The quantitative estimate of drug-likeness (QED) is 0.838. The van der Waals surface area contributed by atoms with E-state index < -0.39 is 5.97 Å². The topological polar surface area (TPSA) is 59.0 Å². The van der Waals surface area contributed by atoms with Crippen LogP contribution in [0.1, 0.15) is 6.42 Å². The maximum Gasteiger partial charge on any atom is 0.305 e. The highest BCUT2D eigenvalue weighted by atomic mass is 16.5. The lowest BCUT2D eigenvalue weighted by Gasteiger charge is -2.34. The van der Waals surface area contributed by atoms with Crippen LogP contribution in [0.5, 0.6) is 5.75 Å². The van der Waals surface area contributed by atoms with Crippen LogP contribution in [0, 0.1) is 0 Å². The van der Waals surface area contributed by atoms with Crippen molar-refractivity contribution in [2.24, 2.45) is 0 Å². The Morgan fingerprint density at radius 2 is 2.21 bits per heavy atom. The minimum atomic E-state index is -0.788. The molecule has 104 valence electrons. The summed E-state index contributed by atoms with van der Waals surface area (Å²) in [6.45, 7) is 3.17. The molecular formula is C14H19NO4. The van der Waals surface area contributed by atoms with Crippen LogP contribution in [0.25, 0.3) is 0 Å². The van der Waals surface area contributed by atoms with E-state index in [-0.39, 0.29) is 12.5 Å². The number of carbonyl (C=O) groups is 1. The van der Waals surface area contributed by atoms with E-state index in [9.17, 15) is 4.79 Å². The third-order valence-corrected chi connectivity index (χ3v) is 3.15. The van der Waals surface area contributed by atoms with Crippen molar-refractivity contribution < 1.29 is 19.4 Å². The molecule has 0 bridgehead atoms. The van der Waals surface area contributed by atoms with Crippen molar-refractivity contribution in [3.05, 3.63) is 30.3 Å². The van der Waals surface area contributed by atoms with Crippen molar-refractivity contribution in [3.63, 3.8) is 0 Å². The monoisotopic (exact) mass is 265 g/mol. The predicted molar refractivity (Wildman–Crippen MR) is 70.4 cm³/mol. The zero-order valence-corrected chi connectivity index (χ0v) is 10.8. The largest absolute Gasteiger partial charge is 0.492 e. The Hall–Kier alpha value is -1.59. The highest BCUT2D eigenvalue weighted by molar-refractivity contribution is 5.67. The van der Waals surface area contributed by atoms with Gasteiger partial charge in [0.1, 0.15) is 12.4 Å². The van der Waals surface area contributed by atoms with Crippen LogP contribution in [0.2, 0.25) is 0 Å². The van der Waals surface area contributed by atoms with Crippen molar-refractivity contribution in [2.75, 3.05) is 32.9 Å². The van der Waals surface area contributed by atoms with Crippen LogP contribution in [0.4, 0.5) is 0 Å². The average molecular weight is 265 g/mol. The summed E-state index contributed by atoms with van der Waals surface area (Å²) in [4.78, 5) is 12.9. The summed E-state index contributed by atoms with van der Waals surface area (Å²) < 4.78 is 11.0. The molecule has 1 atom stereocenters. The smallest absolute Gasteiger partial charge is 0.305 e. The maximum atomic E-state index is 10.8. The van der Waals surface area contributed by atoms with Gasteiger partial charge < -0.3 is 14.6 Å². The van der Waals surface area contributed by atoms with Gasteiger partial charge in [0.2, 0.25) is 0 Å². The van der Waals surface area contributed by atoms with Crippen LogP contribution < -0.4 is 4.74 Å². The summed E-state index contributed by atoms with van der Waals surface area (Å²) in [5.41, 5.74) is 0. The number of ether oxygens (including phenoxy) is 2. The molecule has 2 rings (SSSR count). The lowest BCUT2D eigenvalue weighted by atomic mass is 10.1. The second-order valence-electron chi connectivity index (χ2n) is 4.52. The first-order valence-corrected chi connectivity index (χ1v) is 6.47. The Labute approximate surface area is 112 Å². The van der Waals surface area contributed by atoms with E-state index in [0.29, 0.717) is 19.8 Å². The van der Waals surface area contributed by atoms with Gasteiger partial charge in [0, 0.05) is 19.1 Å². The van der Waals surface area contributed by atoms with Gasteiger partial charge >= 0.3 is 5.97 Å². The van der Waals surface area contributed by atoms with Gasteiger partial charge in [-0.25, -0.2) is 0 Å². The summed E-state index contributed by atoms with van der Waals surface area (Å²) in [6.07, 6.45) is 0.116. The number of morpholine rings is 1. The third-order valence-electron chi connectivity index (χ3n) is 3.15. The number of benzene rings is 1. The molecule has 19 heavy (non-hydrogen) atoms. The minimum Gasteiger partial charge on any atom is -0.492 e. The standard InChI is InChI=1S/C14H19NO4/c16-14(17)10-12-11-18-8-6-15(12)7-9-19-13-4-2-1-3-5-13/h1-5,12H,6-11H2,(H,16,17). The molecule has 0 spiro atoms. The van der Waals surface area contributed by atoms with Gasteiger partial charge in [-0.1, -0.05) is 18.2 Å².